The molecule has 0 atom stereocenters. The van der Waals surface area contributed by atoms with Gasteiger partial charge in [0.05, 0.1) is 19.2 Å². The number of nitrogens with one attached hydrogen (secondary N) is 2. The monoisotopic (exact) mass is 313 g/mol. The predicted molar refractivity (Wildman–Crippen MR) is 88.3 cm³/mol. The van der Waals surface area contributed by atoms with Crippen molar-refractivity contribution in [2.75, 3.05) is 19.0 Å². The maximum Gasteiger partial charge on any atom is 0.250 e. The second-order valence-electron chi connectivity index (χ2n) is 4.89. The minimum Gasteiger partial charge on any atom is -0.497 e. The summed E-state index contributed by atoms with van der Waals surface area (Å²) in [5, 5.41) is 5.71. The maximum atomic E-state index is 11.9. The summed E-state index contributed by atoms with van der Waals surface area (Å²) in [6, 6.07) is 14.2. The lowest BCUT2D eigenvalue weighted by Gasteiger charge is -2.10. The number of hydrogen-bond donors (Lipinski definition) is 3. The van der Waals surface area contributed by atoms with Gasteiger partial charge in [0, 0.05) is 12.2 Å². The molecule has 0 aliphatic heterocycles. The molecule has 2 aromatic carbocycles. The molecule has 4 N–H and O–H groups in total. The van der Waals surface area contributed by atoms with Crippen molar-refractivity contribution in [3.05, 3.63) is 59.7 Å². The Morgan fingerprint density at radius 2 is 1.78 bits per heavy atom. The zero-order chi connectivity index (χ0) is 16.7. The molecule has 6 nitrogen and oxygen atoms in total. The van der Waals surface area contributed by atoms with Gasteiger partial charge in [-0.3, -0.25) is 9.59 Å². The number of hydrogen-bond acceptors (Lipinski definition) is 4. The van der Waals surface area contributed by atoms with E-state index < -0.39 is 5.91 Å². The number of amides is 2. The van der Waals surface area contributed by atoms with Crippen molar-refractivity contribution in [3.63, 3.8) is 0 Å². The molecule has 0 aliphatic carbocycles. The van der Waals surface area contributed by atoms with Gasteiger partial charge >= 0.3 is 0 Å². The highest BCUT2D eigenvalue weighted by Crippen LogP contribution is 2.14. The number of ether oxygens (including phenoxy) is 1. The Morgan fingerprint density at radius 3 is 2.43 bits per heavy atom. The number of anilines is 1. The number of para-hydroxylation sites is 1. The minimum absolute atomic E-state index is 0.0560. The summed E-state index contributed by atoms with van der Waals surface area (Å²) in [6.07, 6.45) is 0. The molecule has 0 heterocycles. The van der Waals surface area contributed by atoms with Gasteiger partial charge in [0.15, 0.2) is 0 Å². The fraction of sp³-hybridized carbons (Fsp3) is 0.176. The molecule has 0 saturated heterocycles. The largest absolute Gasteiger partial charge is 0.497 e. The quantitative estimate of drug-likeness (QED) is 0.722. The van der Waals surface area contributed by atoms with Gasteiger partial charge in [-0.15, -0.1) is 0 Å². The van der Waals surface area contributed by atoms with Gasteiger partial charge in [0.2, 0.25) is 5.91 Å². The van der Waals surface area contributed by atoms with E-state index in [1.165, 1.54) is 0 Å². The van der Waals surface area contributed by atoms with Crippen molar-refractivity contribution in [3.8, 4) is 5.75 Å². The molecule has 6 heteroatoms. The van der Waals surface area contributed by atoms with Crippen LogP contribution in [0.3, 0.4) is 0 Å². The lowest BCUT2D eigenvalue weighted by atomic mass is 10.1. The first kappa shape index (κ1) is 16.4. The van der Waals surface area contributed by atoms with Gasteiger partial charge in [0.1, 0.15) is 5.75 Å². The first-order valence-electron chi connectivity index (χ1n) is 7.12. The van der Waals surface area contributed by atoms with E-state index in [4.69, 9.17) is 10.5 Å². The Morgan fingerprint density at radius 1 is 1.09 bits per heavy atom. The molecule has 2 rings (SSSR count). The van der Waals surface area contributed by atoms with Crippen LogP contribution in [0.4, 0.5) is 5.69 Å². The van der Waals surface area contributed by atoms with Crippen LogP contribution in [-0.4, -0.2) is 25.5 Å². The normalized spacial score (nSPS) is 9.96. The van der Waals surface area contributed by atoms with Crippen molar-refractivity contribution < 1.29 is 14.3 Å². The summed E-state index contributed by atoms with van der Waals surface area (Å²) in [4.78, 5) is 23.2. The third-order valence-electron chi connectivity index (χ3n) is 3.28. The standard InChI is InChI=1S/C17H19N3O3/c1-23-13-8-6-12(7-9-13)10-20-16(21)11-19-15-5-3-2-4-14(15)17(18)22/h2-9,19H,10-11H2,1H3,(H2,18,22)(H,20,21). The van der Waals surface area contributed by atoms with Crippen molar-refractivity contribution in [1.82, 2.24) is 5.32 Å². The molecule has 23 heavy (non-hydrogen) atoms. The molecule has 0 radical (unpaired) electrons. The minimum atomic E-state index is -0.535. The number of primary amides is 1. The van der Waals surface area contributed by atoms with Gasteiger partial charge in [-0.05, 0) is 29.8 Å². The zero-order valence-electron chi connectivity index (χ0n) is 12.8. The number of rotatable bonds is 7. The predicted octanol–water partition coefficient (Wildman–Crippen LogP) is 1.52. The van der Waals surface area contributed by atoms with Gasteiger partial charge in [-0.1, -0.05) is 24.3 Å². The zero-order valence-corrected chi connectivity index (χ0v) is 12.8. The summed E-state index contributed by atoms with van der Waals surface area (Å²) >= 11 is 0. The average molecular weight is 313 g/mol. The number of nitrogens with two attached hydrogens (primary N) is 1. The molecule has 0 spiro atoms. The van der Waals surface area contributed by atoms with Crippen LogP contribution in [0.5, 0.6) is 5.75 Å². The van der Waals surface area contributed by atoms with E-state index in [0.29, 0.717) is 17.8 Å². The summed E-state index contributed by atoms with van der Waals surface area (Å²) in [5.41, 5.74) is 7.16. The number of carbonyl (C=O) groups is 2. The van der Waals surface area contributed by atoms with E-state index >= 15 is 0 Å². The van der Waals surface area contributed by atoms with E-state index in [9.17, 15) is 9.59 Å². The van der Waals surface area contributed by atoms with Gasteiger partial charge in [-0.25, -0.2) is 0 Å². The van der Waals surface area contributed by atoms with Crippen LogP contribution >= 0.6 is 0 Å². The van der Waals surface area contributed by atoms with E-state index in [1.807, 2.05) is 24.3 Å². The topological polar surface area (TPSA) is 93.4 Å². The van der Waals surface area contributed by atoms with Crippen LogP contribution in [0, 0.1) is 0 Å². The lowest BCUT2D eigenvalue weighted by molar-refractivity contribution is -0.119. The molecule has 0 bridgehead atoms. The number of benzene rings is 2. The van der Waals surface area contributed by atoms with Crippen molar-refractivity contribution in [2.24, 2.45) is 5.73 Å². The van der Waals surface area contributed by atoms with Gasteiger partial charge in [0.25, 0.3) is 5.91 Å². The van der Waals surface area contributed by atoms with Crippen molar-refractivity contribution in [1.29, 1.82) is 0 Å². The SMILES string of the molecule is COc1ccc(CNC(=O)CNc2ccccc2C(N)=O)cc1. The van der Waals surface area contributed by atoms with E-state index in [2.05, 4.69) is 10.6 Å². The first-order chi connectivity index (χ1) is 11.1. The van der Waals surface area contributed by atoms with E-state index in [-0.39, 0.29) is 12.5 Å². The Labute approximate surface area is 134 Å². The van der Waals surface area contributed by atoms with Gasteiger partial charge < -0.3 is 21.1 Å². The highest BCUT2D eigenvalue weighted by Gasteiger charge is 2.08. The molecule has 0 saturated carbocycles. The first-order valence-corrected chi connectivity index (χ1v) is 7.12. The van der Waals surface area contributed by atoms with Crippen LogP contribution in [-0.2, 0) is 11.3 Å². The smallest absolute Gasteiger partial charge is 0.250 e. The molecule has 2 amide bonds. The fourth-order valence-electron chi connectivity index (χ4n) is 2.03. The summed E-state index contributed by atoms with van der Waals surface area (Å²) in [5.74, 6) is 0.0524. The molecule has 0 fully saturated rings. The molecular formula is C17H19N3O3. The van der Waals surface area contributed by atoms with Crippen LogP contribution in [0.1, 0.15) is 15.9 Å². The number of carbonyl (C=O) groups excluding carboxylic acids is 2. The number of methoxy groups -OCH3 is 1. The Hall–Kier alpha value is -3.02. The average Bonchev–Trinajstić information content (AvgIpc) is 2.58. The lowest BCUT2D eigenvalue weighted by Crippen LogP contribution is -2.30. The van der Waals surface area contributed by atoms with Gasteiger partial charge in [-0.2, -0.15) is 0 Å². The molecule has 120 valence electrons. The second kappa shape index (κ2) is 7.84. The second-order valence-corrected chi connectivity index (χ2v) is 4.89. The molecule has 0 unspecified atom stereocenters. The van der Waals surface area contributed by atoms with Crippen LogP contribution < -0.4 is 21.1 Å². The molecule has 0 aliphatic rings. The van der Waals surface area contributed by atoms with E-state index in [0.717, 1.165) is 11.3 Å². The fourth-order valence-corrected chi connectivity index (χ4v) is 2.03. The molecule has 0 aromatic heterocycles. The molecular weight excluding hydrogens is 294 g/mol. The highest BCUT2D eigenvalue weighted by molar-refractivity contribution is 5.98. The van der Waals surface area contributed by atoms with Crippen LogP contribution in [0.25, 0.3) is 0 Å². The summed E-state index contributed by atoms with van der Waals surface area (Å²) in [7, 11) is 1.60. The molecule has 2 aromatic rings. The van der Waals surface area contributed by atoms with E-state index in [1.54, 1.807) is 31.4 Å². The third kappa shape index (κ3) is 4.74. The Balaban J connectivity index is 1.84. The maximum absolute atomic E-state index is 11.9. The van der Waals surface area contributed by atoms with Crippen molar-refractivity contribution in [2.45, 2.75) is 6.54 Å². The summed E-state index contributed by atoms with van der Waals surface area (Å²) < 4.78 is 5.08. The Bertz CT molecular complexity index is 684. The Kier molecular flexibility index (Phi) is 5.57. The third-order valence-corrected chi connectivity index (χ3v) is 3.28. The van der Waals surface area contributed by atoms with Crippen LogP contribution in [0.2, 0.25) is 0 Å². The highest BCUT2D eigenvalue weighted by atomic mass is 16.5. The van der Waals surface area contributed by atoms with Crippen molar-refractivity contribution >= 4 is 17.5 Å². The summed E-state index contributed by atoms with van der Waals surface area (Å²) in [6.45, 7) is 0.475. The van der Waals surface area contributed by atoms with Crippen LogP contribution in [0.15, 0.2) is 48.5 Å².